The molecule has 1 saturated heterocycles. The van der Waals surface area contributed by atoms with Crippen molar-refractivity contribution in [1.82, 2.24) is 0 Å². The molecule has 0 spiro atoms. The van der Waals surface area contributed by atoms with Gasteiger partial charge in [-0.05, 0) is 0 Å². The maximum atomic E-state index is 9.04. The van der Waals surface area contributed by atoms with Gasteiger partial charge in [0.2, 0.25) is 0 Å². The molecule has 0 aromatic carbocycles. The molecule has 0 aromatic rings. The molecule has 10 heavy (non-hydrogen) atoms. The van der Waals surface area contributed by atoms with Gasteiger partial charge in [-0.1, -0.05) is 0 Å². The summed E-state index contributed by atoms with van der Waals surface area (Å²) in [6.07, 6.45) is -1.52. The van der Waals surface area contributed by atoms with Crippen LogP contribution in [-0.4, -0.2) is 46.8 Å². The molecule has 0 amide bonds. The van der Waals surface area contributed by atoms with Gasteiger partial charge < -0.3 is 20.1 Å². The Balaban J connectivity index is 2.33. The van der Waals surface area contributed by atoms with Crippen molar-refractivity contribution < 1.29 is 20.1 Å². The Morgan fingerprint density at radius 3 is 2.50 bits per heavy atom. The predicted octanol–water partition coefficient (Wildman–Crippen LogP) is -1.51. The molecule has 1 heterocycles. The summed E-state index contributed by atoms with van der Waals surface area (Å²) >= 11 is 0. The van der Waals surface area contributed by atoms with Gasteiger partial charge in [0, 0.05) is 6.42 Å². The molecule has 0 unspecified atom stereocenters. The number of aliphatic hydroxyl groups excluding tert-OH is 3. The summed E-state index contributed by atoms with van der Waals surface area (Å²) in [5.41, 5.74) is 0. The fraction of sp³-hybridized carbons (Fsp3) is 1.00. The monoisotopic (exact) mass is 148 g/mol. The van der Waals surface area contributed by atoms with Crippen LogP contribution in [-0.2, 0) is 4.74 Å². The van der Waals surface area contributed by atoms with E-state index in [1.54, 1.807) is 0 Å². The zero-order chi connectivity index (χ0) is 7.56. The lowest BCUT2D eigenvalue weighted by Crippen LogP contribution is -2.42. The molecule has 1 aliphatic rings. The molecule has 1 fully saturated rings. The summed E-state index contributed by atoms with van der Waals surface area (Å²) in [4.78, 5) is 0. The molecular formula is C6H12O4. The Morgan fingerprint density at radius 1 is 1.30 bits per heavy atom. The highest BCUT2D eigenvalue weighted by Gasteiger charge is 2.27. The quantitative estimate of drug-likeness (QED) is 0.423. The average Bonchev–Trinajstić information content (AvgIpc) is 1.95. The second-order valence-corrected chi connectivity index (χ2v) is 2.51. The number of hydrogen-bond donors (Lipinski definition) is 3. The van der Waals surface area contributed by atoms with Crippen molar-refractivity contribution in [3.8, 4) is 0 Å². The SMILES string of the molecule is OC[C@@H]1C[C@@H](O)[C@H](O)CO1. The van der Waals surface area contributed by atoms with Gasteiger partial charge in [0.25, 0.3) is 0 Å². The summed E-state index contributed by atoms with van der Waals surface area (Å²) in [7, 11) is 0. The van der Waals surface area contributed by atoms with Crippen LogP contribution in [0.4, 0.5) is 0 Å². The lowest BCUT2D eigenvalue weighted by atomic mass is 10.0. The molecule has 60 valence electrons. The van der Waals surface area contributed by atoms with Crippen LogP contribution >= 0.6 is 0 Å². The summed E-state index contributed by atoms with van der Waals surface area (Å²) in [5, 5.41) is 26.5. The number of rotatable bonds is 1. The van der Waals surface area contributed by atoms with Crippen LogP contribution in [0.1, 0.15) is 6.42 Å². The van der Waals surface area contributed by atoms with Gasteiger partial charge in [-0.2, -0.15) is 0 Å². The first kappa shape index (κ1) is 7.94. The first-order chi connectivity index (χ1) is 4.74. The molecule has 3 N–H and O–H groups in total. The topological polar surface area (TPSA) is 69.9 Å². The van der Waals surface area contributed by atoms with Gasteiger partial charge in [-0.25, -0.2) is 0 Å². The van der Waals surface area contributed by atoms with Crippen LogP contribution in [0, 0.1) is 0 Å². The highest BCUT2D eigenvalue weighted by Crippen LogP contribution is 2.13. The molecule has 1 aliphatic heterocycles. The van der Waals surface area contributed by atoms with E-state index in [4.69, 9.17) is 20.1 Å². The van der Waals surface area contributed by atoms with E-state index >= 15 is 0 Å². The van der Waals surface area contributed by atoms with Crippen LogP contribution in [0.3, 0.4) is 0 Å². The molecule has 4 nitrogen and oxygen atoms in total. The van der Waals surface area contributed by atoms with Gasteiger partial charge >= 0.3 is 0 Å². The third-order valence-electron chi connectivity index (χ3n) is 1.65. The van der Waals surface area contributed by atoms with Crippen LogP contribution in [0.15, 0.2) is 0 Å². The Bertz CT molecular complexity index is 106. The van der Waals surface area contributed by atoms with Gasteiger partial charge in [-0.15, -0.1) is 0 Å². The first-order valence-corrected chi connectivity index (χ1v) is 3.32. The van der Waals surface area contributed by atoms with E-state index in [0.29, 0.717) is 6.42 Å². The van der Waals surface area contributed by atoms with Crippen molar-refractivity contribution >= 4 is 0 Å². The zero-order valence-corrected chi connectivity index (χ0v) is 5.60. The maximum absolute atomic E-state index is 9.04. The van der Waals surface area contributed by atoms with E-state index in [-0.39, 0.29) is 19.3 Å². The highest BCUT2D eigenvalue weighted by atomic mass is 16.5. The van der Waals surface area contributed by atoms with Crippen LogP contribution in [0.5, 0.6) is 0 Å². The number of hydrogen-bond acceptors (Lipinski definition) is 4. The molecule has 0 saturated carbocycles. The predicted molar refractivity (Wildman–Crippen MR) is 33.5 cm³/mol. The minimum Gasteiger partial charge on any atom is -0.394 e. The molecule has 3 atom stereocenters. The first-order valence-electron chi connectivity index (χ1n) is 3.32. The van der Waals surface area contributed by atoms with Crippen molar-refractivity contribution in [3.05, 3.63) is 0 Å². The maximum Gasteiger partial charge on any atom is 0.103 e. The lowest BCUT2D eigenvalue weighted by Gasteiger charge is -2.29. The van der Waals surface area contributed by atoms with Crippen molar-refractivity contribution in [3.63, 3.8) is 0 Å². The third kappa shape index (κ3) is 1.67. The number of ether oxygens (including phenoxy) is 1. The molecule has 1 rings (SSSR count). The molecule has 0 aromatic heterocycles. The lowest BCUT2D eigenvalue weighted by molar-refractivity contribution is -0.131. The molecular weight excluding hydrogens is 136 g/mol. The Labute approximate surface area is 59.1 Å². The fourth-order valence-corrected chi connectivity index (χ4v) is 0.967. The largest absolute Gasteiger partial charge is 0.394 e. The van der Waals surface area contributed by atoms with Crippen molar-refractivity contribution in [1.29, 1.82) is 0 Å². The highest BCUT2D eigenvalue weighted by molar-refractivity contribution is 4.76. The van der Waals surface area contributed by atoms with E-state index in [2.05, 4.69) is 0 Å². The van der Waals surface area contributed by atoms with Crippen molar-refractivity contribution in [2.75, 3.05) is 13.2 Å². The minimum atomic E-state index is -0.789. The fourth-order valence-electron chi connectivity index (χ4n) is 0.967. The second kappa shape index (κ2) is 3.30. The zero-order valence-electron chi connectivity index (χ0n) is 5.60. The molecule has 0 aliphatic carbocycles. The van der Waals surface area contributed by atoms with Gasteiger partial charge in [0.05, 0.1) is 25.4 Å². The minimum absolute atomic E-state index is 0.0935. The molecule has 0 bridgehead atoms. The van der Waals surface area contributed by atoms with Crippen molar-refractivity contribution in [2.45, 2.75) is 24.7 Å². The van der Waals surface area contributed by atoms with E-state index in [9.17, 15) is 0 Å². The van der Waals surface area contributed by atoms with Crippen molar-refractivity contribution in [2.24, 2.45) is 0 Å². The van der Waals surface area contributed by atoms with Crippen LogP contribution in [0.2, 0.25) is 0 Å². The Kier molecular flexibility index (Phi) is 2.62. The third-order valence-corrected chi connectivity index (χ3v) is 1.65. The smallest absolute Gasteiger partial charge is 0.103 e. The van der Waals surface area contributed by atoms with E-state index in [0.717, 1.165) is 0 Å². The van der Waals surface area contributed by atoms with E-state index in [1.807, 2.05) is 0 Å². The summed E-state index contributed by atoms with van der Waals surface area (Å²) < 4.78 is 4.95. The van der Waals surface area contributed by atoms with Crippen LogP contribution < -0.4 is 0 Å². The van der Waals surface area contributed by atoms with Gasteiger partial charge in [0.1, 0.15) is 6.10 Å². The van der Waals surface area contributed by atoms with Crippen LogP contribution in [0.25, 0.3) is 0 Å². The normalized spacial score (nSPS) is 41.7. The van der Waals surface area contributed by atoms with E-state index in [1.165, 1.54) is 0 Å². The van der Waals surface area contributed by atoms with E-state index < -0.39 is 12.2 Å². The summed E-state index contributed by atoms with van der Waals surface area (Å²) in [6.45, 7) is 0.0240. The summed E-state index contributed by atoms with van der Waals surface area (Å²) in [5.74, 6) is 0. The average molecular weight is 148 g/mol. The molecule has 0 radical (unpaired) electrons. The molecule has 4 heteroatoms. The van der Waals surface area contributed by atoms with Gasteiger partial charge in [0.15, 0.2) is 0 Å². The summed E-state index contributed by atoms with van der Waals surface area (Å²) in [6, 6.07) is 0. The second-order valence-electron chi connectivity index (χ2n) is 2.51. The van der Waals surface area contributed by atoms with Gasteiger partial charge in [-0.3, -0.25) is 0 Å². The standard InChI is InChI=1S/C6H12O4/c7-2-4-1-5(8)6(9)3-10-4/h4-9H,1-3H2/t4-,5+,6+/m0/s1. The Hall–Kier alpha value is -0.160. The Morgan fingerprint density at radius 2 is 2.00 bits per heavy atom. The number of aliphatic hydroxyl groups is 3.